The van der Waals surface area contributed by atoms with Gasteiger partial charge in [0.1, 0.15) is 11.5 Å². The number of halogens is 2. The summed E-state index contributed by atoms with van der Waals surface area (Å²) in [5, 5.41) is 2.21. The number of hydrogen-bond donors (Lipinski definition) is 0. The maximum Gasteiger partial charge on any atom is 0.318 e. The average molecular weight is 698 g/mol. The first kappa shape index (κ1) is 33.5. The van der Waals surface area contributed by atoms with Gasteiger partial charge in [-0.05, 0) is 110 Å². The Morgan fingerprint density at radius 2 is 0.939 bits per heavy atom. The van der Waals surface area contributed by atoms with Crippen LogP contribution in [0.15, 0.2) is 84.9 Å². The molecule has 4 aromatic carbocycles. The van der Waals surface area contributed by atoms with Crippen LogP contribution in [0.3, 0.4) is 0 Å². The van der Waals surface area contributed by atoms with E-state index in [9.17, 15) is 19.2 Å². The lowest BCUT2D eigenvalue weighted by Crippen LogP contribution is -2.18. The summed E-state index contributed by atoms with van der Waals surface area (Å²) in [6, 6.07) is 23.5. The topological polar surface area (TPSA) is 106 Å². The monoisotopic (exact) mass is 696 g/mol. The molecule has 2 aromatic heterocycles. The fraction of sp³-hybridized carbons (Fsp3) is 0.158. The first-order valence-corrected chi connectivity index (χ1v) is 16.0. The largest absolute Gasteiger partial charge is 0.497 e. The molecule has 0 atom stereocenters. The zero-order valence-electron chi connectivity index (χ0n) is 27.0. The van der Waals surface area contributed by atoms with E-state index in [0.29, 0.717) is 77.0 Å². The lowest BCUT2D eigenvalue weighted by molar-refractivity contribution is -0.158. The Bertz CT molecular complexity index is 2120. The molecule has 0 aliphatic rings. The summed E-state index contributed by atoms with van der Waals surface area (Å²) in [5.41, 5.74) is 4.00. The van der Waals surface area contributed by atoms with Gasteiger partial charge in [0.05, 0.1) is 38.1 Å². The molecule has 0 saturated heterocycles. The zero-order chi connectivity index (χ0) is 35.0. The maximum atomic E-state index is 13.6. The van der Waals surface area contributed by atoms with Crippen LogP contribution in [0.1, 0.15) is 43.2 Å². The van der Waals surface area contributed by atoms with Crippen LogP contribution in [0.5, 0.6) is 11.5 Å². The highest BCUT2D eigenvalue weighted by atomic mass is 35.5. The molecule has 0 aliphatic carbocycles. The highest BCUT2D eigenvalue weighted by Gasteiger charge is 2.26. The van der Waals surface area contributed by atoms with Crippen molar-refractivity contribution < 1.29 is 33.4 Å². The molecule has 2 heterocycles. The minimum absolute atomic E-state index is 0.286. The predicted molar refractivity (Wildman–Crippen MR) is 187 cm³/mol. The van der Waals surface area contributed by atoms with E-state index >= 15 is 0 Å². The van der Waals surface area contributed by atoms with Gasteiger partial charge in [-0.2, -0.15) is 0 Å². The number of aromatic nitrogens is 2. The first-order chi connectivity index (χ1) is 23.5. The molecule has 9 nitrogen and oxygen atoms in total. The molecule has 0 unspecified atom stereocenters. The molecule has 248 valence electrons. The van der Waals surface area contributed by atoms with Crippen molar-refractivity contribution in [3.63, 3.8) is 0 Å². The average Bonchev–Trinajstić information content (AvgIpc) is 3.52. The standard InChI is InChI=1S/C38H30Cl2N2O7/c1-21-29(31-17-27(47-3)13-15-33(31)41(21)37(45)23-5-9-25(39)10-6-23)19-35(43)49-36(44)20-30-22(2)42(34-16-14-28(48-4)18-32(30)34)38(46)24-7-11-26(40)12-8-24/h5-18H,19-20H2,1-4H3. The van der Waals surface area contributed by atoms with Gasteiger partial charge in [-0.3, -0.25) is 28.3 Å². The van der Waals surface area contributed by atoms with Crippen LogP contribution in [0.25, 0.3) is 21.8 Å². The van der Waals surface area contributed by atoms with Crippen LogP contribution in [0.2, 0.25) is 10.0 Å². The molecule has 0 aliphatic heterocycles. The maximum absolute atomic E-state index is 13.6. The van der Waals surface area contributed by atoms with Crippen LogP contribution < -0.4 is 9.47 Å². The summed E-state index contributed by atoms with van der Waals surface area (Å²) >= 11 is 12.1. The lowest BCUT2D eigenvalue weighted by Gasteiger charge is -2.09. The van der Waals surface area contributed by atoms with Crippen LogP contribution in [-0.2, 0) is 27.2 Å². The summed E-state index contributed by atoms with van der Waals surface area (Å²) in [6.07, 6.45) is -0.572. The van der Waals surface area contributed by atoms with E-state index in [4.69, 9.17) is 37.4 Å². The minimum Gasteiger partial charge on any atom is -0.497 e. The molecule has 11 heteroatoms. The fourth-order valence-electron chi connectivity index (χ4n) is 6.08. The first-order valence-electron chi connectivity index (χ1n) is 15.2. The van der Waals surface area contributed by atoms with E-state index in [2.05, 4.69) is 0 Å². The third-order valence-corrected chi connectivity index (χ3v) is 9.05. The number of ether oxygens (including phenoxy) is 3. The van der Waals surface area contributed by atoms with Crippen molar-refractivity contribution in [1.82, 2.24) is 9.13 Å². The number of methoxy groups -OCH3 is 2. The van der Waals surface area contributed by atoms with Crippen LogP contribution in [0, 0.1) is 13.8 Å². The smallest absolute Gasteiger partial charge is 0.318 e. The zero-order valence-corrected chi connectivity index (χ0v) is 28.5. The Hall–Kier alpha value is -5.38. The molecular formula is C38H30Cl2N2O7. The van der Waals surface area contributed by atoms with E-state index < -0.39 is 11.9 Å². The number of hydrogen-bond acceptors (Lipinski definition) is 7. The quantitative estimate of drug-likeness (QED) is 0.118. The number of nitrogens with zero attached hydrogens (tertiary/aromatic N) is 2. The van der Waals surface area contributed by atoms with Gasteiger partial charge in [-0.15, -0.1) is 0 Å². The predicted octanol–water partition coefficient (Wildman–Crippen LogP) is 7.77. The molecule has 0 N–H and O–H groups in total. The van der Waals surface area contributed by atoms with Crippen molar-refractivity contribution in [2.45, 2.75) is 26.7 Å². The minimum atomic E-state index is -0.801. The Kier molecular flexibility index (Phi) is 9.32. The van der Waals surface area contributed by atoms with Gasteiger partial charge in [0.25, 0.3) is 11.8 Å². The third kappa shape index (κ3) is 6.42. The van der Waals surface area contributed by atoms with E-state index in [1.165, 1.54) is 23.4 Å². The van der Waals surface area contributed by atoms with Gasteiger partial charge in [0.15, 0.2) is 0 Å². The number of carbonyl (C=O) groups excluding carboxylic acids is 4. The molecule has 0 fully saturated rings. The second-order valence-electron chi connectivity index (χ2n) is 11.4. The highest BCUT2D eigenvalue weighted by Crippen LogP contribution is 2.33. The molecule has 0 amide bonds. The van der Waals surface area contributed by atoms with Crippen molar-refractivity contribution in [2.75, 3.05) is 14.2 Å². The van der Waals surface area contributed by atoms with Crippen molar-refractivity contribution in [1.29, 1.82) is 0 Å². The van der Waals surface area contributed by atoms with Gasteiger partial charge in [-0.1, -0.05) is 23.2 Å². The highest BCUT2D eigenvalue weighted by molar-refractivity contribution is 6.31. The van der Waals surface area contributed by atoms with Gasteiger partial charge < -0.3 is 14.2 Å². The van der Waals surface area contributed by atoms with Crippen LogP contribution in [-0.4, -0.2) is 47.1 Å². The number of fused-ring (bicyclic) bond motifs is 2. The molecule has 0 saturated carbocycles. The summed E-state index contributed by atoms with van der Waals surface area (Å²) in [6.45, 7) is 3.46. The third-order valence-electron chi connectivity index (χ3n) is 8.54. The summed E-state index contributed by atoms with van der Waals surface area (Å²) in [5.74, 6) is -1.16. The van der Waals surface area contributed by atoms with E-state index in [1.54, 1.807) is 98.8 Å². The van der Waals surface area contributed by atoms with Crippen molar-refractivity contribution in [3.05, 3.63) is 129 Å². The Labute approximate surface area is 291 Å². The summed E-state index contributed by atoms with van der Waals surface area (Å²) < 4.78 is 19.2. The molecule has 0 bridgehead atoms. The van der Waals surface area contributed by atoms with Crippen LogP contribution >= 0.6 is 23.2 Å². The van der Waals surface area contributed by atoms with E-state index in [0.717, 1.165) is 0 Å². The number of esters is 2. The van der Waals surface area contributed by atoms with Crippen molar-refractivity contribution >= 4 is 68.8 Å². The lowest BCUT2D eigenvalue weighted by atomic mass is 10.1. The van der Waals surface area contributed by atoms with Crippen molar-refractivity contribution in [2.24, 2.45) is 0 Å². The SMILES string of the molecule is COc1ccc2c(c1)c(CC(=O)OC(=O)Cc1c(C)n(C(=O)c3ccc(Cl)cc3)c3ccc(OC)cc13)c(C)n2C(=O)c1ccc(Cl)cc1. The molecule has 6 rings (SSSR count). The second kappa shape index (κ2) is 13.6. The van der Waals surface area contributed by atoms with Gasteiger partial charge in [0.2, 0.25) is 0 Å². The molecule has 0 spiro atoms. The number of carbonyl (C=O) groups is 4. The molecular weight excluding hydrogens is 667 g/mol. The Balaban J connectivity index is 1.30. The Morgan fingerprint density at radius 1 is 0.571 bits per heavy atom. The van der Waals surface area contributed by atoms with Gasteiger partial charge in [-0.25, -0.2) is 0 Å². The number of rotatable bonds is 8. The van der Waals surface area contributed by atoms with Gasteiger partial charge >= 0.3 is 11.9 Å². The van der Waals surface area contributed by atoms with E-state index in [-0.39, 0.29) is 24.7 Å². The molecule has 6 aromatic rings. The summed E-state index contributed by atoms with van der Waals surface area (Å²) in [7, 11) is 3.04. The molecule has 49 heavy (non-hydrogen) atoms. The fourth-order valence-corrected chi connectivity index (χ4v) is 6.33. The Morgan fingerprint density at radius 3 is 1.29 bits per heavy atom. The van der Waals surface area contributed by atoms with Crippen LogP contribution in [0.4, 0.5) is 0 Å². The van der Waals surface area contributed by atoms with Gasteiger partial charge in [0, 0.05) is 43.3 Å². The number of benzene rings is 4. The summed E-state index contributed by atoms with van der Waals surface area (Å²) in [4.78, 5) is 54.0. The normalized spacial score (nSPS) is 11.1. The van der Waals surface area contributed by atoms with Crippen molar-refractivity contribution in [3.8, 4) is 11.5 Å². The van der Waals surface area contributed by atoms with E-state index in [1.807, 2.05) is 0 Å². The molecule has 0 radical (unpaired) electrons. The second-order valence-corrected chi connectivity index (χ2v) is 12.3.